The van der Waals surface area contributed by atoms with E-state index in [1.165, 1.54) is 18.7 Å². The summed E-state index contributed by atoms with van der Waals surface area (Å²) in [7, 11) is 3.63. The fourth-order valence-electron chi connectivity index (χ4n) is 6.01. The van der Waals surface area contributed by atoms with Crippen LogP contribution in [0.2, 0.25) is 0 Å². The monoisotopic (exact) mass is 634 g/mol. The number of Topliss-reactive ketones (excluding diaryl/α,β-unsaturated/α-hetero) is 3. The molecule has 3 unspecified atom stereocenters. The summed E-state index contributed by atoms with van der Waals surface area (Å²) in [4.78, 5) is 65.3. The molecule has 1 aromatic rings. The van der Waals surface area contributed by atoms with Crippen LogP contribution in [0, 0.1) is 23.2 Å². The van der Waals surface area contributed by atoms with Crippen molar-refractivity contribution in [1.29, 1.82) is 0 Å². The molecule has 1 aliphatic carbocycles. The van der Waals surface area contributed by atoms with Crippen molar-refractivity contribution in [1.82, 2.24) is 4.90 Å². The van der Waals surface area contributed by atoms with E-state index in [9.17, 15) is 39.3 Å². The molecule has 0 bridgehead atoms. The summed E-state index contributed by atoms with van der Waals surface area (Å²) in [6.07, 6.45) is 0.147. The molecule has 0 fully saturated rings. The van der Waals surface area contributed by atoms with E-state index in [2.05, 4.69) is 0 Å². The minimum Gasteiger partial charge on any atom is -0.507 e. The number of fused-ring (bicyclic) bond motifs is 1. The van der Waals surface area contributed by atoms with E-state index in [4.69, 9.17) is 9.47 Å². The average Bonchev–Trinajstić information content (AvgIpc) is 2.90. The summed E-state index contributed by atoms with van der Waals surface area (Å²) in [5, 5.41) is 31.2. The first-order valence-corrected chi connectivity index (χ1v) is 15.4. The Hall–Kier alpha value is -3.51. The van der Waals surface area contributed by atoms with Gasteiger partial charge in [-0.2, -0.15) is 0 Å². The molecule has 1 aliphatic rings. The van der Waals surface area contributed by atoms with Crippen molar-refractivity contribution >= 4 is 35.1 Å². The molecule has 0 aromatic heterocycles. The first-order valence-electron chi connectivity index (χ1n) is 15.4. The van der Waals surface area contributed by atoms with Crippen LogP contribution in [0.25, 0.3) is 0 Å². The molecule has 0 heterocycles. The van der Waals surface area contributed by atoms with Crippen LogP contribution in [0.5, 0.6) is 5.75 Å². The van der Waals surface area contributed by atoms with Gasteiger partial charge in [-0.25, -0.2) is 4.79 Å². The first kappa shape index (κ1) is 37.7. The highest BCUT2D eigenvalue weighted by Crippen LogP contribution is 2.43. The molecule has 1 aromatic carbocycles. The lowest BCUT2D eigenvalue weighted by Crippen LogP contribution is -2.38. The molecule has 0 spiro atoms. The standard InChI is InChI=1S/C33H50N2O10/c1-20(38)12-28(40)26(18-37)23(8-9-36)13-22-14-25-27(34(6)7)16-24(31(42)30(25)29(41)15-22)17-35(19-33(3,4)5)32(43)45-11-10-44-21(2)39/h16,22-23,26,36-37,42H,8-15,17-19H2,1-7H3. The number of anilines is 1. The molecular weight excluding hydrogens is 584 g/mol. The summed E-state index contributed by atoms with van der Waals surface area (Å²) < 4.78 is 10.2. The number of ether oxygens (including phenoxy) is 2. The molecule has 1 amide bonds. The maximum absolute atomic E-state index is 13.6. The van der Waals surface area contributed by atoms with Gasteiger partial charge in [0.1, 0.15) is 30.5 Å². The van der Waals surface area contributed by atoms with Crippen molar-refractivity contribution < 1.29 is 48.8 Å². The third-order valence-corrected chi connectivity index (χ3v) is 7.83. The number of nitrogens with zero attached hydrogens (tertiary/aromatic N) is 2. The normalized spacial score (nSPS) is 15.9. The molecule has 12 nitrogen and oxygen atoms in total. The Morgan fingerprint density at radius 2 is 1.69 bits per heavy atom. The highest BCUT2D eigenvalue weighted by atomic mass is 16.6. The number of benzene rings is 1. The number of aliphatic hydroxyl groups is 2. The second-order valence-electron chi connectivity index (χ2n) is 13.4. The van der Waals surface area contributed by atoms with Crippen molar-refractivity contribution in [2.45, 2.75) is 73.3 Å². The number of aliphatic hydroxyl groups excluding tert-OH is 2. The highest BCUT2D eigenvalue weighted by Gasteiger charge is 2.36. The van der Waals surface area contributed by atoms with Crippen LogP contribution in [0.3, 0.4) is 0 Å². The zero-order valence-corrected chi connectivity index (χ0v) is 27.7. The Bertz CT molecular complexity index is 1240. The number of hydrogen-bond donors (Lipinski definition) is 3. The number of rotatable bonds is 16. The van der Waals surface area contributed by atoms with Crippen molar-refractivity contribution in [3.63, 3.8) is 0 Å². The second kappa shape index (κ2) is 16.7. The minimum atomic E-state index is -0.829. The van der Waals surface area contributed by atoms with Gasteiger partial charge >= 0.3 is 12.1 Å². The zero-order chi connectivity index (χ0) is 34.1. The van der Waals surface area contributed by atoms with Crippen molar-refractivity contribution in [3.8, 4) is 5.75 Å². The summed E-state index contributed by atoms with van der Waals surface area (Å²) in [5.41, 5.74) is 1.58. The van der Waals surface area contributed by atoms with E-state index in [0.717, 1.165) is 0 Å². The number of carbonyl (C=O) groups excluding carboxylic acids is 5. The van der Waals surface area contributed by atoms with Gasteiger partial charge in [-0.05, 0) is 55.1 Å². The lowest BCUT2D eigenvalue weighted by molar-refractivity contribution is -0.142. The molecule has 0 saturated carbocycles. The van der Waals surface area contributed by atoms with E-state index in [1.807, 2.05) is 39.8 Å². The number of phenolic OH excluding ortho intramolecular Hbond substituents is 1. The van der Waals surface area contributed by atoms with Gasteiger partial charge in [-0.1, -0.05) is 20.8 Å². The smallest absolute Gasteiger partial charge is 0.410 e. The Balaban J connectivity index is 2.42. The van der Waals surface area contributed by atoms with Crippen LogP contribution in [-0.4, -0.2) is 96.7 Å². The largest absolute Gasteiger partial charge is 0.507 e. The van der Waals surface area contributed by atoms with Crippen molar-refractivity contribution in [2.75, 3.05) is 52.0 Å². The molecule has 2 rings (SSSR count). The Labute approximate surface area is 265 Å². The predicted octanol–water partition coefficient (Wildman–Crippen LogP) is 3.30. The van der Waals surface area contributed by atoms with Gasteiger partial charge < -0.3 is 34.6 Å². The van der Waals surface area contributed by atoms with Crippen LogP contribution in [-0.2, 0) is 36.8 Å². The van der Waals surface area contributed by atoms with E-state index in [-0.39, 0.29) is 92.2 Å². The maximum Gasteiger partial charge on any atom is 0.410 e. The Kier molecular flexibility index (Phi) is 14.0. The molecule has 0 radical (unpaired) electrons. The third-order valence-electron chi connectivity index (χ3n) is 7.83. The quantitative estimate of drug-likeness (QED) is 0.138. The number of esters is 1. The Morgan fingerprint density at radius 3 is 2.22 bits per heavy atom. The molecule has 0 aliphatic heterocycles. The molecular formula is C33H50N2O10. The molecule has 252 valence electrons. The van der Waals surface area contributed by atoms with Crippen molar-refractivity contribution in [3.05, 3.63) is 22.8 Å². The van der Waals surface area contributed by atoms with Crippen LogP contribution in [0.15, 0.2) is 6.07 Å². The molecule has 0 saturated heterocycles. The summed E-state index contributed by atoms with van der Waals surface area (Å²) in [5.74, 6) is -3.15. The number of hydrogen-bond acceptors (Lipinski definition) is 11. The lowest BCUT2D eigenvalue weighted by atomic mass is 9.73. The molecule has 3 atom stereocenters. The fraction of sp³-hybridized carbons (Fsp3) is 0.667. The highest BCUT2D eigenvalue weighted by molar-refractivity contribution is 6.03. The fourth-order valence-corrected chi connectivity index (χ4v) is 6.01. The summed E-state index contributed by atoms with van der Waals surface area (Å²) >= 11 is 0. The average molecular weight is 635 g/mol. The van der Waals surface area contributed by atoms with E-state index in [0.29, 0.717) is 29.7 Å². The number of aromatic hydroxyl groups is 1. The second-order valence-corrected chi connectivity index (χ2v) is 13.4. The number of ketones is 3. The van der Waals surface area contributed by atoms with Gasteiger partial charge in [0, 0.05) is 57.8 Å². The topological polar surface area (TPSA) is 171 Å². The van der Waals surface area contributed by atoms with Gasteiger partial charge in [-0.15, -0.1) is 0 Å². The van der Waals surface area contributed by atoms with E-state index >= 15 is 0 Å². The van der Waals surface area contributed by atoms with Crippen LogP contribution in [0.4, 0.5) is 10.5 Å². The Morgan fingerprint density at radius 1 is 1.04 bits per heavy atom. The van der Waals surface area contributed by atoms with Crippen LogP contribution < -0.4 is 4.90 Å². The van der Waals surface area contributed by atoms with Gasteiger partial charge in [0.25, 0.3) is 0 Å². The molecule has 12 heteroatoms. The predicted molar refractivity (Wildman–Crippen MR) is 167 cm³/mol. The van der Waals surface area contributed by atoms with Crippen molar-refractivity contribution in [2.24, 2.45) is 23.2 Å². The van der Waals surface area contributed by atoms with Gasteiger partial charge in [-0.3, -0.25) is 19.2 Å². The minimum absolute atomic E-state index is 0.0324. The van der Waals surface area contributed by atoms with E-state index in [1.54, 1.807) is 6.07 Å². The maximum atomic E-state index is 13.6. The lowest BCUT2D eigenvalue weighted by Gasteiger charge is -2.34. The number of phenols is 1. The number of carbonyl (C=O) groups is 5. The first-order chi connectivity index (χ1) is 21.0. The van der Waals surface area contributed by atoms with E-state index < -0.39 is 30.5 Å². The van der Waals surface area contributed by atoms with Gasteiger partial charge in [0.15, 0.2) is 5.78 Å². The zero-order valence-electron chi connectivity index (χ0n) is 27.7. The summed E-state index contributed by atoms with van der Waals surface area (Å²) in [6, 6.07) is 1.75. The van der Waals surface area contributed by atoms with Crippen LogP contribution >= 0.6 is 0 Å². The third kappa shape index (κ3) is 11.1. The summed E-state index contributed by atoms with van der Waals surface area (Å²) in [6.45, 7) is 7.78. The molecule has 3 N–H and O–H groups in total. The molecule has 45 heavy (non-hydrogen) atoms. The SMILES string of the molecule is CC(=O)CC(=O)C(CO)C(CCO)CC1CC(=O)c2c(O)c(CN(CC(C)(C)C)C(=O)OCCOC(C)=O)cc(N(C)C)c2C1. The van der Waals surface area contributed by atoms with Crippen LogP contribution in [0.1, 0.15) is 81.8 Å². The van der Waals surface area contributed by atoms with Gasteiger partial charge in [0.2, 0.25) is 0 Å². The van der Waals surface area contributed by atoms with Gasteiger partial charge in [0.05, 0.1) is 25.1 Å². The number of amides is 1.